The Morgan fingerprint density at radius 2 is 1.78 bits per heavy atom. The molecule has 0 saturated heterocycles. The molecule has 104 valence electrons. The zero-order valence-electron chi connectivity index (χ0n) is 11.5. The van der Waals surface area contributed by atoms with Gasteiger partial charge in [0.1, 0.15) is 0 Å². The molecule has 0 N–H and O–H groups in total. The van der Waals surface area contributed by atoms with Gasteiger partial charge < -0.3 is 0 Å². The van der Waals surface area contributed by atoms with Crippen LogP contribution in [0.5, 0.6) is 0 Å². The van der Waals surface area contributed by atoms with Gasteiger partial charge in [0.05, 0.1) is 4.87 Å². The van der Waals surface area contributed by atoms with Gasteiger partial charge >= 0.3 is 0 Å². The fourth-order valence-corrected chi connectivity index (χ4v) is 5.42. The number of halogens is 3. The summed E-state index contributed by atoms with van der Waals surface area (Å²) < 4.78 is 0. The monoisotopic (exact) mass is 396 g/mol. The Morgan fingerprint density at radius 1 is 1.17 bits per heavy atom. The molecular formula is C15H23Br2Cl. The van der Waals surface area contributed by atoms with Crippen LogP contribution in [-0.4, -0.2) is 14.5 Å². The third kappa shape index (κ3) is 2.15. The molecule has 18 heavy (non-hydrogen) atoms. The zero-order valence-corrected chi connectivity index (χ0v) is 15.5. The highest BCUT2D eigenvalue weighted by atomic mass is 79.9. The van der Waals surface area contributed by atoms with Crippen LogP contribution in [0.2, 0.25) is 0 Å². The Morgan fingerprint density at radius 3 is 2.33 bits per heavy atom. The summed E-state index contributed by atoms with van der Waals surface area (Å²) in [5.74, 6) is 0. The van der Waals surface area contributed by atoms with E-state index in [0.717, 1.165) is 19.3 Å². The van der Waals surface area contributed by atoms with Crippen LogP contribution in [0.4, 0.5) is 0 Å². The number of allylic oxidation sites excluding steroid dienone is 1. The van der Waals surface area contributed by atoms with E-state index >= 15 is 0 Å². The molecule has 0 nitrogen and oxygen atoms in total. The van der Waals surface area contributed by atoms with E-state index in [-0.39, 0.29) is 15.7 Å². The van der Waals surface area contributed by atoms with Crippen molar-refractivity contribution in [2.45, 2.75) is 67.4 Å². The van der Waals surface area contributed by atoms with Gasteiger partial charge in [0, 0.05) is 9.65 Å². The van der Waals surface area contributed by atoms with Gasteiger partial charge in [-0.2, -0.15) is 0 Å². The standard InChI is InChI=1S/C15H23Br2Cl/c1-10-5-6-11(16)13(2,3)15(10)8-7-14(4,18)12(17)9-15/h11-12H,1,5-9H2,2-4H3/t11-,12+,14+,15-/m1/s1. The summed E-state index contributed by atoms with van der Waals surface area (Å²) in [6, 6.07) is 0. The minimum atomic E-state index is -0.110. The fraction of sp³-hybridized carbons (Fsp3) is 0.867. The number of hydrogen-bond donors (Lipinski definition) is 0. The smallest absolute Gasteiger partial charge is 0.0544 e. The number of rotatable bonds is 0. The molecule has 2 aliphatic carbocycles. The van der Waals surface area contributed by atoms with E-state index in [1.54, 1.807) is 0 Å². The second kappa shape index (κ2) is 4.77. The van der Waals surface area contributed by atoms with Crippen molar-refractivity contribution >= 4 is 43.5 Å². The van der Waals surface area contributed by atoms with E-state index < -0.39 is 0 Å². The topological polar surface area (TPSA) is 0 Å². The van der Waals surface area contributed by atoms with Crippen LogP contribution in [-0.2, 0) is 0 Å². The Bertz CT molecular complexity index is 362. The van der Waals surface area contributed by atoms with Crippen molar-refractivity contribution in [1.29, 1.82) is 0 Å². The largest absolute Gasteiger partial charge is 0.118 e. The molecule has 1 spiro atoms. The molecule has 0 radical (unpaired) electrons. The first-order valence-corrected chi connectivity index (χ1v) is 9.00. The highest BCUT2D eigenvalue weighted by Crippen LogP contribution is 2.64. The Kier molecular flexibility index (Phi) is 4.08. The van der Waals surface area contributed by atoms with Crippen molar-refractivity contribution < 1.29 is 0 Å². The van der Waals surface area contributed by atoms with Gasteiger partial charge in [0.2, 0.25) is 0 Å². The lowest BCUT2D eigenvalue weighted by Crippen LogP contribution is -2.54. The third-order valence-corrected chi connectivity index (χ3v) is 9.27. The molecule has 2 rings (SSSR count). The van der Waals surface area contributed by atoms with E-state index in [4.69, 9.17) is 11.6 Å². The van der Waals surface area contributed by atoms with Crippen LogP contribution in [0.3, 0.4) is 0 Å². The highest BCUT2D eigenvalue weighted by molar-refractivity contribution is 9.09. The van der Waals surface area contributed by atoms with Crippen LogP contribution >= 0.6 is 43.5 Å². The summed E-state index contributed by atoms with van der Waals surface area (Å²) in [6.45, 7) is 11.4. The maximum atomic E-state index is 6.61. The molecule has 0 aromatic heterocycles. The normalized spacial score (nSPS) is 48.4. The lowest BCUT2D eigenvalue weighted by Gasteiger charge is -2.59. The molecule has 0 aromatic rings. The molecule has 2 aliphatic rings. The Balaban J connectivity index is 2.37. The fourth-order valence-electron chi connectivity index (χ4n) is 3.80. The average molecular weight is 399 g/mol. The van der Waals surface area contributed by atoms with Crippen molar-refractivity contribution in [2.24, 2.45) is 10.8 Å². The predicted octanol–water partition coefficient (Wildman–Crippen LogP) is 6.06. The average Bonchev–Trinajstić information content (AvgIpc) is 2.27. The SMILES string of the molecule is C=C1CC[C@@H](Br)C(C)(C)[C@@]12CC[C@](C)(Cl)[C@@H](Br)C2. The Labute approximate surface area is 133 Å². The molecule has 0 unspecified atom stereocenters. The van der Waals surface area contributed by atoms with E-state index in [1.807, 2.05) is 0 Å². The van der Waals surface area contributed by atoms with Crippen molar-refractivity contribution in [2.75, 3.05) is 0 Å². The van der Waals surface area contributed by atoms with E-state index in [1.165, 1.54) is 18.4 Å². The zero-order chi connectivity index (χ0) is 13.8. The van der Waals surface area contributed by atoms with Crippen LogP contribution in [0.1, 0.15) is 52.9 Å². The van der Waals surface area contributed by atoms with Crippen LogP contribution in [0.25, 0.3) is 0 Å². The minimum absolute atomic E-state index is 0.110. The molecule has 2 fully saturated rings. The maximum Gasteiger partial charge on any atom is 0.0544 e. The van der Waals surface area contributed by atoms with Gasteiger partial charge in [0.15, 0.2) is 0 Å². The highest BCUT2D eigenvalue weighted by Gasteiger charge is 2.57. The molecule has 0 heterocycles. The van der Waals surface area contributed by atoms with E-state index in [9.17, 15) is 0 Å². The summed E-state index contributed by atoms with van der Waals surface area (Å²) in [7, 11) is 0. The molecule has 0 bridgehead atoms. The summed E-state index contributed by atoms with van der Waals surface area (Å²) in [6.07, 6.45) is 5.70. The van der Waals surface area contributed by atoms with Gasteiger partial charge in [-0.25, -0.2) is 0 Å². The van der Waals surface area contributed by atoms with Gasteiger partial charge in [-0.3, -0.25) is 0 Å². The van der Waals surface area contributed by atoms with Crippen molar-refractivity contribution in [3.05, 3.63) is 12.2 Å². The van der Waals surface area contributed by atoms with Gasteiger partial charge in [-0.05, 0) is 49.9 Å². The molecule has 2 saturated carbocycles. The minimum Gasteiger partial charge on any atom is -0.118 e. The third-order valence-electron chi connectivity index (χ3n) is 5.61. The van der Waals surface area contributed by atoms with E-state index in [0.29, 0.717) is 9.65 Å². The second-order valence-electron chi connectivity index (χ2n) is 6.86. The molecule has 0 aliphatic heterocycles. The summed E-state index contributed by atoms with van der Waals surface area (Å²) in [5, 5.41) is 0. The first kappa shape index (κ1) is 15.4. The molecule has 0 aromatic carbocycles. The van der Waals surface area contributed by atoms with Crippen molar-refractivity contribution in [3.8, 4) is 0 Å². The van der Waals surface area contributed by atoms with Crippen LogP contribution in [0.15, 0.2) is 12.2 Å². The molecular weight excluding hydrogens is 375 g/mol. The summed E-state index contributed by atoms with van der Waals surface area (Å²) >= 11 is 14.4. The summed E-state index contributed by atoms with van der Waals surface area (Å²) in [4.78, 5) is 0.838. The van der Waals surface area contributed by atoms with Gasteiger partial charge in [-0.15, -0.1) is 11.6 Å². The number of alkyl halides is 3. The molecule has 0 amide bonds. The lowest BCUT2D eigenvalue weighted by molar-refractivity contribution is 0.0343. The van der Waals surface area contributed by atoms with Gasteiger partial charge in [0.25, 0.3) is 0 Å². The molecule has 3 heteroatoms. The molecule has 4 atom stereocenters. The lowest BCUT2D eigenvalue weighted by atomic mass is 9.50. The second-order valence-corrected chi connectivity index (χ2v) is 9.94. The number of hydrogen-bond acceptors (Lipinski definition) is 0. The predicted molar refractivity (Wildman–Crippen MR) is 88.1 cm³/mol. The first-order chi connectivity index (χ1) is 8.13. The summed E-state index contributed by atoms with van der Waals surface area (Å²) in [5.41, 5.74) is 1.93. The van der Waals surface area contributed by atoms with Crippen molar-refractivity contribution in [3.63, 3.8) is 0 Å². The quantitative estimate of drug-likeness (QED) is 0.344. The van der Waals surface area contributed by atoms with Crippen LogP contribution in [0, 0.1) is 10.8 Å². The maximum absolute atomic E-state index is 6.61. The van der Waals surface area contributed by atoms with Crippen LogP contribution < -0.4 is 0 Å². The Hall–Kier alpha value is 0.990. The first-order valence-electron chi connectivity index (χ1n) is 6.79. The van der Waals surface area contributed by atoms with Crippen molar-refractivity contribution in [1.82, 2.24) is 0 Å². The van der Waals surface area contributed by atoms with E-state index in [2.05, 4.69) is 59.2 Å². The van der Waals surface area contributed by atoms with Gasteiger partial charge in [-0.1, -0.05) is 57.9 Å².